The first kappa shape index (κ1) is 12.3. The van der Waals surface area contributed by atoms with Crippen LogP contribution in [-0.4, -0.2) is 7.11 Å². The summed E-state index contributed by atoms with van der Waals surface area (Å²) in [5, 5.41) is 3.08. The van der Waals surface area contributed by atoms with Gasteiger partial charge in [-0.2, -0.15) is 0 Å². The molecular weight excluding hydrogens is 235 g/mol. The standard InChI is InChI=1S/C13H15FN2O2/c1-8-3-4-9(18-8)7-16-12-6-13(17-2)10(14)5-11(12)15/h3-6,16H,7,15H2,1-2H3. The van der Waals surface area contributed by atoms with E-state index < -0.39 is 5.82 Å². The minimum atomic E-state index is -0.477. The third-order valence-corrected chi connectivity index (χ3v) is 2.57. The van der Waals surface area contributed by atoms with Crippen molar-refractivity contribution in [3.8, 4) is 5.75 Å². The number of hydrogen-bond acceptors (Lipinski definition) is 4. The summed E-state index contributed by atoms with van der Waals surface area (Å²) in [5.74, 6) is 1.31. The highest BCUT2D eigenvalue weighted by Crippen LogP contribution is 2.28. The molecule has 18 heavy (non-hydrogen) atoms. The Bertz CT molecular complexity index is 552. The fourth-order valence-corrected chi connectivity index (χ4v) is 1.64. The molecule has 0 spiro atoms. The van der Waals surface area contributed by atoms with Crippen LogP contribution in [0.1, 0.15) is 11.5 Å². The molecule has 0 fully saturated rings. The highest BCUT2D eigenvalue weighted by Gasteiger charge is 2.08. The van der Waals surface area contributed by atoms with E-state index in [1.807, 2.05) is 19.1 Å². The van der Waals surface area contributed by atoms with E-state index in [9.17, 15) is 4.39 Å². The molecule has 0 aliphatic heterocycles. The number of furan rings is 1. The second-order valence-electron chi connectivity index (χ2n) is 3.94. The molecule has 2 aromatic rings. The van der Waals surface area contributed by atoms with Gasteiger partial charge < -0.3 is 20.2 Å². The fraction of sp³-hybridized carbons (Fsp3) is 0.231. The normalized spacial score (nSPS) is 10.4. The highest BCUT2D eigenvalue weighted by molar-refractivity contribution is 5.68. The summed E-state index contributed by atoms with van der Waals surface area (Å²) >= 11 is 0. The summed E-state index contributed by atoms with van der Waals surface area (Å²) in [4.78, 5) is 0. The van der Waals surface area contributed by atoms with Crippen LogP contribution in [-0.2, 0) is 6.54 Å². The predicted octanol–water partition coefficient (Wildman–Crippen LogP) is 2.93. The van der Waals surface area contributed by atoms with Crippen LogP contribution in [0.2, 0.25) is 0 Å². The van der Waals surface area contributed by atoms with Crippen LogP contribution < -0.4 is 15.8 Å². The quantitative estimate of drug-likeness (QED) is 0.819. The Morgan fingerprint density at radius 1 is 1.39 bits per heavy atom. The average molecular weight is 250 g/mol. The Morgan fingerprint density at radius 3 is 2.78 bits per heavy atom. The third-order valence-electron chi connectivity index (χ3n) is 2.57. The van der Waals surface area contributed by atoms with Gasteiger partial charge in [0.05, 0.1) is 25.0 Å². The van der Waals surface area contributed by atoms with Gasteiger partial charge in [0.2, 0.25) is 0 Å². The first-order valence-corrected chi connectivity index (χ1v) is 5.52. The van der Waals surface area contributed by atoms with Crippen LogP contribution in [0.4, 0.5) is 15.8 Å². The topological polar surface area (TPSA) is 60.4 Å². The van der Waals surface area contributed by atoms with Crippen molar-refractivity contribution in [1.29, 1.82) is 0 Å². The molecule has 0 atom stereocenters. The van der Waals surface area contributed by atoms with Crippen LogP contribution in [0.5, 0.6) is 5.75 Å². The molecule has 2 rings (SSSR count). The van der Waals surface area contributed by atoms with Gasteiger partial charge in [-0.15, -0.1) is 0 Å². The van der Waals surface area contributed by atoms with Gasteiger partial charge in [-0.3, -0.25) is 0 Å². The highest BCUT2D eigenvalue weighted by atomic mass is 19.1. The molecule has 0 aliphatic rings. The molecule has 0 amide bonds. The van der Waals surface area contributed by atoms with E-state index in [0.29, 0.717) is 17.9 Å². The van der Waals surface area contributed by atoms with Gasteiger partial charge in [0.1, 0.15) is 11.5 Å². The Balaban J connectivity index is 2.13. The van der Waals surface area contributed by atoms with Crippen molar-refractivity contribution in [2.45, 2.75) is 13.5 Å². The number of ether oxygens (including phenoxy) is 1. The molecule has 0 radical (unpaired) electrons. The maximum Gasteiger partial charge on any atom is 0.167 e. The zero-order valence-corrected chi connectivity index (χ0v) is 10.3. The van der Waals surface area contributed by atoms with Crippen molar-refractivity contribution in [3.63, 3.8) is 0 Å². The molecule has 0 saturated carbocycles. The van der Waals surface area contributed by atoms with E-state index >= 15 is 0 Å². The summed E-state index contributed by atoms with van der Waals surface area (Å²) in [6.45, 7) is 2.35. The van der Waals surface area contributed by atoms with Gasteiger partial charge in [-0.25, -0.2) is 4.39 Å². The van der Waals surface area contributed by atoms with Crippen molar-refractivity contribution in [2.24, 2.45) is 0 Å². The number of methoxy groups -OCH3 is 1. The minimum absolute atomic E-state index is 0.155. The lowest BCUT2D eigenvalue weighted by molar-refractivity contribution is 0.387. The van der Waals surface area contributed by atoms with Gasteiger partial charge in [0, 0.05) is 12.1 Å². The lowest BCUT2D eigenvalue weighted by Crippen LogP contribution is -2.03. The Kier molecular flexibility index (Phi) is 3.41. The number of benzene rings is 1. The number of anilines is 2. The van der Waals surface area contributed by atoms with Gasteiger partial charge in [-0.1, -0.05) is 0 Å². The number of nitrogens with two attached hydrogens (primary N) is 1. The summed E-state index contributed by atoms with van der Waals surface area (Å²) < 4.78 is 23.7. The molecule has 3 N–H and O–H groups in total. The molecule has 1 heterocycles. The maximum absolute atomic E-state index is 13.3. The molecule has 0 saturated heterocycles. The molecule has 0 bridgehead atoms. The van der Waals surface area contributed by atoms with Crippen molar-refractivity contribution < 1.29 is 13.5 Å². The summed E-state index contributed by atoms with van der Waals surface area (Å²) in [6, 6.07) is 6.51. The number of nitrogens with one attached hydrogen (secondary N) is 1. The van der Waals surface area contributed by atoms with Gasteiger partial charge >= 0.3 is 0 Å². The van der Waals surface area contributed by atoms with Crippen LogP contribution in [0.15, 0.2) is 28.7 Å². The second kappa shape index (κ2) is 5.00. The van der Waals surface area contributed by atoms with E-state index in [-0.39, 0.29) is 5.75 Å². The SMILES string of the molecule is COc1cc(NCc2ccc(C)o2)c(N)cc1F. The number of nitrogen functional groups attached to an aromatic ring is 1. The summed E-state index contributed by atoms with van der Waals surface area (Å²) in [6.07, 6.45) is 0. The molecule has 5 heteroatoms. The lowest BCUT2D eigenvalue weighted by atomic mass is 10.2. The van der Waals surface area contributed by atoms with Gasteiger partial charge in [0.15, 0.2) is 11.6 Å². The summed E-state index contributed by atoms with van der Waals surface area (Å²) in [7, 11) is 1.41. The molecule has 1 aromatic heterocycles. The first-order chi connectivity index (χ1) is 8.60. The van der Waals surface area contributed by atoms with Crippen LogP contribution in [0, 0.1) is 12.7 Å². The average Bonchev–Trinajstić information content (AvgIpc) is 2.74. The van der Waals surface area contributed by atoms with E-state index in [0.717, 1.165) is 11.5 Å². The molecule has 96 valence electrons. The van der Waals surface area contributed by atoms with Crippen LogP contribution in [0.25, 0.3) is 0 Å². The van der Waals surface area contributed by atoms with Crippen LogP contribution >= 0.6 is 0 Å². The smallest absolute Gasteiger partial charge is 0.167 e. The van der Waals surface area contributed by atoms with E-state index in [1.54, 1.807) is 0 Å². The molecule has 1 aromatic carbocycles. The lowest BCUT2D eigenvalue weighted by Gasteiger charge is -2.10. The van der Waals surface area contributed by atoms with E-state index in [1.165, 1.54) is 19.2 Å². The van der Waals surface area contributed by atoms with Crippen molar-refractivity contribution in [2.75, 3.05) is 18.2 Å². The Hall–Kier alpha value is -2.17. The van der Waals surface area contributed by atoms with E-state index in [4.69, 9.17) is 14.9 Å². The Labute approximate surface area is 105 Å². The number of hydrogen-bond donors (Lipinski definition) is 2. The minimum Gasteiger partial charge on any atom is -0.494 e. The zero-order chi connectivity index (χ0) is 13.1. The molecule has 4 nitrogen and oxygen atoms in total. The predicted molar refractivity (Wildman–Crippen MR) is 68.1 cm³/mol. The Morgan fingerprint density at radius 2 is 2.17 bits per heavy atom. The largest absolute Gasteiger partial charge is 0.494 e. The zero-order valence-electron chi connectivity index (χ0n) is 10.3. The maximum atomic E-state index is 13.3. The molecular formula is C13H15FN2O2. The van der Waals surface area contributed by atoms with Crippen LogP contribution in [0.3, 0.4) is 0 Å². The molecule has 0 unspecified atom stereocenters. The second-order valence-corrected chi connectivity index (χ2v) is 3.94. The van der Waals surface area contributed by atoms with Crippen molar-refractivity contribution >= 4 is 11.4 Å². The number of rotatable bonds is 4. The molecule has 0 aliphatic carbocycles. The van der Waals surface area contributed by atoms with Gasteiger partial charge in [0.25, 0.3) is 0 Å². The van der Waals surface area contributed by atoms with Crippen molar-refractivity contribution in [3.05, 3.63) is 41.6 Å². The van der Waals surface area contributed by atoms with E-state index in [2.05, 4.69) is 5.32 Å². The number of aryl methyl sites for hydroxylation is 1. The summed E-state index contributed by atoms with van der Waals surface area (Å²) in [5.41, 5.74) is 6.67. The third kappa shape index (κ3) is 2.56. The van der Waals surface area contributed by atoms with Crippen molar-refractivity contribution in [1.82, 2.24) is 0 Å². The number of halogens is 1. The fourth-order valence-electron chi connectivity index (χ4n) is 1.64. The monoisotopic (exact) mass is 250 g/mol. The van der Waals surface area contributed by atoms with Gasteiger partial charge in [-0.05, 0) is 19.1 Å². The first-order valence-electron chi connectivity index (χ1n) is 5.52.